The molecule has 2 aliphatic rings. The van der Waals surface area contributed by atoms with E-state index in [2.05, 4.69) is 16.3 Å². The van der Waals surface area contributed by atoms with Crippen LogP contribution in [0.2, 0.25) is 5.02 Å². The molecule has 1 aliphatic heterocycles. The fraction of sp³-hybridized carbons (Fsp3) is 0.350. The van der Waals surface area contributed by atoms with Gasteiger partial charge in [-0.05, 0) is 61.4 Å². The Bertz CT molecular complexity index is 911. The number of rotatable bonds is 5. The van der Waals surface area contributed by atoms with Crippen LogP contribution in [0.5, 0.6) is 0 Å². The minimum Gasteiger partial charge on any atom is -0.371 e. The SMILES string of the molecule is O=C(Nc1ccc2c(c1)CCCN2CC1CC1)c1cc([N+](=O)[O-])ccc1Cl. The van der Waals surface area contributed by atoms with E-state index in [1.165, 1.54) is 42.3 Å². The first-order valence-corrected chi connectivity index (χ1v) is 9.52. The van der Waals surface area contributed by atoms with Gasteiger partial charge in [-0.25, -0.2) is 0 Å². The fourth-order valence-electron chi connectivity index (χ4n) is 3.55. The van der Waals surface area contributed by atoms with Crippen LogP contribution in [0.1, 0.15) is 35.2 Å². The molecule has 2 aromatic carbocycles. The summed E-state index contributed by atoms with van der Waals surface area (Å²) in [5.74, 6) is 0.376. The van der Waals surface area contributed by atoms with E-state index < -0.39 is 10.8 Å². The van der Waals surface area contributed by atoms with Crippen molar-refractivity contribution in [2.45, 2.75) is 25.7 Å². The predicted molar refractivity (Wildman–Crippen MR) is 106 cm³/mol. The molecular formula is C20H20ClN3O3. The molecule has 0 unspecified atom stereocenters. The second-order valence-corrected chi connectivity index (χ2v) is 7.62. The lowest BCUT2D eigenvalue weighted by atomic mass is 10.0. The van der Waals surface area contributed by atoms with Gasteiger partial charge in [-0.3, -0.25) is 14.9 Å². The van der Waals surface area contributed by atoms with Crippen LogP contribution in [0.15, 0.2) is 36.4 Å². The number of hydrogen-bond acceptors (Lipinski definition) is 4. The third kappa shape index (κ3) is 3.90. The van der Waals surface area contributed by atoms with E-state index in [1.54, 1.807) is 0 Å². The number of aryl methyl sites for hydroxylation is 1. The zero-order valence-electron chi connectivity index (χ0n) is 14.8. The topological polar surface area (TPSA) is 75.5 Å². The third-order valence-corrected chi connectivity index (χ3v) is 5.46. The predicted octanol–water partition coefficient (Wildman–Crippen LogP) is 4.66. The lowest BCUT2D eigenvalue weighted by Gasteiger charge is -2.31. The second kappa shape index (κ2) is 7.19. The largest absolute Gasteiger partial charge is 0.371 e. The number of nitro groups is 1. The maximum atomic E-state index is 12.6. The second-order valence-electron chi connectivity index (χ2n) is 7.21. The van der Waals surface area contributed by atoms with E-state index in [1.807, 2.05) is 12.1 Å². The summed E-state index contributed by atoms with van der Waals surface area (Å²) in [7, 11) is 0. The smallest absolute Gasteiger partial charge is 0.270 e. The molecular weight excluding hydrogens is 366 g/mol. The van der Waals surface area contributed by atoms with Gasteiger partial charge < -0.3 is 10.2 Å². The zero-order chi connectivity index (χ0) is 19.0. The Morgan fingerprint density at radius 1 is 1.26 bits per heavy atom. The van der Waals surface area contributed by atoms with Crippen LogP contribution in [-0.4, -0.2) is 23.9 Å². The monoisotopic (exact) mass is 385 g/mol. The van der Waals surface area contributed by atoms with Crippen molar-refractivity contribution >= 4 is 34.6 Å². The van der Waals surface area contributed by atoms with Gasteiger partial charge in [0.1, 0.15) is 0 Å². The van der Waals surface area contributed by atoms with Gasteiger partial charge in [0.05, 0.1) is 15.5 Å². The van der Waals surface area contributed by atoms with E-state index in [9.17, 15) is 14.9 Å². The van der Waals surface area contributed by atoms with Gasteiger partial charge in [0.15, 0.2) is 0 Å². The van der Waals surface area contributed by atoms with Gasteiger partial charge in [-0.15, -0.1) is 0 Å². The molecule has 4 rings (SSSR count). The van der Waals surface area contributed by atoms with Crippen molar-refractivity contribution in [3.05, 3.63) is 62.7 Å². The minimum absolute atomic E-state index is 0.0962. The molecule has 140 valence electrons. The van der Waals surface area contributed by atoms with E-state index in [4.69, 9.17) is 11.6 Å². The molecule has 1 aliphatic carbocycles. The van der Waals surface area contributed by atoms with Crippen LogP contribution in [0.25, 0.3) is 0 Å². The van der Waals surface area contributed by atoms with Gasteiger partial charge in [0, 0.05) is 36.6 Å². The summed E-state index contributed by atoms with van der Waals surface area (Å²) >= 11 is 6.06. The standard InChI is InChI=1S/C20H20ClN3O3/c21-18-7-6-16(24(26)27)11-17(18)20(25)22-15-5-8-19-14(10-15)2-1-9-23(19)12-13-3-4-13/h5-8,10-11,13H,1-4,9,12H2,(H,22,25). The van der Waals surface area contributed by atoms with E-state index in [0.717, 1.165) is 31.8 Å². The lowest BCUT2D eigenvalue weighted by Crippen LogP contribution is -2.31. The first-order chi connectivity index (χ1) is 13.0. The average molecular weight is 386 g/mol. The Balaban J connectivity index is 1.54. The summed E-state index contributed by atoms with van der Waals surface area (Å²) in [5, 5.41) is 13.9. The number of carbonyl (C=O) groups excluding carboxylic acids is 1. The molecule has 0 aromatic heterocycles. The summed E-state index contributed by atoms with van der Waals surface area (Å²) in [4.78, 5) is 25.4. The Hall–Kier alpha value is -2.60. The number of anilines is 2. The van der Waals surface area contributed by atoms with Gasteiger partial charge in [0.25, 0.3) is 11.6 Å². The maximum Gasteiger partial charge on any atom is 0.270 e. The number of amides is 1. The molecule has 0 bridgehead atoms. The van der Waals surface area contributed by atoms with E-state index >= 15 is 0 Å². The fourth-order valence-corrected chi connectivity index (χ4v) is 3.76. The molecule has 0 spiro atoms. The molecule has 7 heteroatoms. The van der Waals surface area contributed by atoms with Crippen molar-refractivity contribution in [3.63, 3.8) is 0 Å². The molecule has 2 aromatic rings. The van der Waals surface area contributed by atoms with Crippen LogP contribution in [0.3, 0.4) is 0 Å². The summed E-state index contributed by atoms with van der Waals surface area (Å²) < 4.78 is 0. The average Bonchev–Trinajstić information content (AvgIpc) is 3.46. The number of benzene rings is 2. The molecule has 0 atom stereocenters. The van der Waals surface area contributed by atoms with Gasteiger partial charge >= 0.3 is 0 Å². The van der Waals surface area contributed by atoms with Crippen LogP contribution >= 0.6 is 11.6 Å². The highest BCUT2D eigenvalue weighted by atomic mass is 35.5. The number of carbonyl (C=O) groups is 1. The van der Waals surface area contributed by atoms with Crippen molar-refractivity contribution in [2.24, 2.45) is 5.92 Å². The summed E-state index contributed by atoms with van der Waals surface area (Å²) in [5.41, 5.74) is 3.09. The van der Waals surface area contributed by atoms with Crippen LogP contribution < -0.4 is 10.2 Å². The molecule has 1 amide bonds. The number of halogens is 1. The molecule has 1 saturated carbocycles. The van der Waals surface area contributed by atoms with Gasteiger partial charge in [-0.2, -0.15) is 0 Å². The summed E-state index contributed by atoms with van der Waals surface area (Å²) in [6.07, 6.45) is 4.74. The number of fused-ring (bicyclic) bond motifs is 1. The van der Waals surface area contributed by atoms with Gasteiger partial charge in [0.2, 0.25) is 0 Å². The van der Waals surface area contributed by atoms with Crippen molar-refractivity contribution in [2.75, 3.05) is 23.3 Å². The highest BCUT2D eigenvalue weighted by Gasteiger charge is 2.27. The molecule has 1 fully saturated rings. The van der Waals surface area contributed by atoms with Crippen LogP contribution in [-0.2, 0) is 6.42 Å². The molecule has 27 heavy (non-hydrogen) atoms. The van der Waals surface area contributed by atoms with Gasteiger partial charge in [-0.1, -0.05) is 11.6 Å². The number of nitrogens with one attached hydrogen (secondary N) is 1. The first kappa shape index (κ1) is 17.8. The van der Waals surface area contributed by atoms with Crippen molar-refractivity contribution in [1.82, 2.24) is 0 Å². The molecule has 6 nitrogen and oxygen atoms in total. The van der Waals surface area contributed by atoms with E-state index in [0.29, 0.717) is 5.69 Å². The van der Waals surface area contributed by atoms with Crippen LogP contribution in [0.4, 0.5) is 17.1 Å². The highest BCUT2D eigenvalue weighted by Crippen LogP contribution is 2.35. The Kier molecular flexibility index (Phi) is 4.74. The Labute approximate surface area is 162 Å². The molecule has 1 heterocycles. The normalized spacial score (nSPS) is 16.0. The van der Waals surface area contributed by atoms with E-state index in [-0.39, 0.29) is 16.3 Å². The highest BCUT2D eigenvalue weighted by molar-refractivity contribution is 6.34. The summed E-state index contributed by atoms with van der Waals surface area (Å²) in [6, 6.07) is 9.80. The lowest BCUT2D eigenvalue weighted by molar-refractivity contribution is -0.384. The number of nitro benzene ring substituents is 1. The van der Waals surface area contributed by atoms with Crippen molar-refractivity contribution in [3.8, 4) is 0 Å². The maximum absolute atomic E-state index is 12.6. The van der Waals surface area contributed by atoms with Crippen LogP contribution in [0, 0.1) is 16.0 Å². The third-order valence-electron chi connectivity index (χ3n) is 5.13. The summed E-state index contributed by atoms with van der Waals surface area (Å²) in [6.45, 7) is 2.19. The van der Waals surface area contributed by atoms with Crippen molar-refractivity contribution < 1.29 is 9.72 Å². The van der Waals surface area contributed by atoms with Crippen molar-refractivity contribution in [1.29, 1.82) is 0 Å². The molecule has 0 saturated heterocycles. The number of nitrogens with zero attached hydrogens (tertiary/aromatic N) is 2. The zero-order valence-corrected chi connectivity index (χ0v) is 15.5. The number of hydrogen-bond donors (Lipinski definition) is 1. The minimum atomic E-state index is -0.541. The molecule has 1 N–H and O–H groups in total. The number of non-ortho nitro benzene ring substituents is 1. The molecule has 0 radical (unpaired) electrons. The Morgan fingerprint density at radius 3 is 2.81 bits per heavy atom. The first-order valence-electron chi connectivity index (χ1n) is 9.14. The quantitative estimate of drug-likeness (QED) is 0.599. The Morgan fingerprint density at radius 2 is 2.07 bits per heavy atom.